The highest BCUT2D eigenvalue weighted by molar-refractivity contribution is 6.02. The first-order valence-corrected chi connectivity index (χ1v) is 12.5. The van der Waals surface area contributed by atoms with Crippen LogP contribution in [-0.2, 0) is 0 Å². The molecule has 2 aromatic carbocycles. The molecule has 4 N–H and O–H groups in total. The predicted molar refractivity (Wildman–Crippen MR) is 143 cm³/mol. The molecule has 0 aliphatic carbocycles. The molecule has 0 bridgehead atoms. The van der Waals surface area contributed by atoms with Crippen LogP contribution in [0.1, 0.15) is 38.1 Å². The fourth-order valence-electron chi connectivity index (χ4n) is 4.04. The van der Waals surface area contributed by atoms with Crippen molar-refractivity contribution in [2.75, 3.05) is 37.4 Å². The summed E-state index contributed by atoms with van der Waals surface area (Å²) in [6.07, 6.45) is -0.414. The van der Waals surface area contributed by atoms with Crippen molar-refractivity contribution in [3.8, 4) is 5.75 Å². The molecular weight excluding hydrogens is 474 g/mol. The van der Waals surface area contributed by atoms with Crippen molar-refractivity contribution in [3.05, 3.63) is 54.1 Å². The lowest BCUT2D eigenvalue weighted by Gasteiger charge is -2.38. The van der Waals surface area contributed by atoms with Gasteiger partial charge in [0.2, 0.25) is 0 Å². The maximum atomic E-state index is 13.6. The van der Waals surface area contributed by atoms with Crippen molar-refractivity contribution in [2.24, 2.45) is 5.92 Å². The van der Waals surface area contributed by atoms with E-state index in [9.17, 15) is 19.5 Å². The number of likely N-dealkylation sites (N-methyl/N-ethyl adjacent to an activating group) is 1. The lowest BCUT2D eigenvalue weighted by atomic mass is 9.99. The van der Waals surface area contributed by atoms with Gasteiger partial charge in [-0.3, -0.25) is 4.79 Å². The van der Waals surface area contributed by atoms with E-state index in [0.29, 0.717) is 30.2 Å². The van der Waals surface area contributed by atoms with Crippen molar-refractivity contribution in [3.63, 3.8) is 0 Å². The van der Waals surface area contributed by atoms with Crippen molar-refractivity contribution in [2.45, 2.75) is 45.9 Å². The highest BCUT2D eigenvalue weighted by Gasteiger charge is 2.34. The molecule has 0 saturated heterocycles. The minimum atomic E-state index is -0.449. The largest absolute Gasteiger partial charge is 0.487 e. The van der Waals surface area contributed by atoms with Gasteiger partial charge in [-0.05, 0) is 51.1 Å². The zero-order valence-corrected chi connectivity index (χ0v) is 22.0. The van der Waals surface area contributed by atoms with Crippen LogP contribution in [0.5, 0.6) is 5.75 Å². The van der Waals surface area contributed by atoms with E-state index in [-0.39, 0.29) is 36.1 Å². The number of hydrogen-bond acceptors (Lipinski definition) is 5. The first-order valence-electron chi connectivity index (χ1n) is 12.5. The fourth-order valence-corrected chi connectivity index (χ4v) is 4.04. The highest BCUT2D eigenvalue weighted by atomic mass is 16.5. The Bertz CT molecular complexity index is 1090. The molecule has 0 aromatic heterocycles. The second-order valence-electron chi connectivity index (χ2n) is 9.76. The van der Waals surface area contributed by atoms with E-state index in [1.54, 1.807) is 54.1 Å². The minimum absolute atomic E-state index is 0.00474. The van der Waals surface area contributed by atoms with E-state index in [0.717, 1.165) is 0 Å². The zero-order valence-electron chi connectivity index (χ0n) is 22.0. The summed E-state index contributed by atoms with van der Waals surface area (Å²) < 4.78 is 6.30. The average Bonchev–Trinajstić information content (AvgIpc) is 2.86. The number of nitrogens with one attached hydrogen (secondary N) is 3. The molecular formula is C27H37N5O5. The summed E-state index contributed by atoms with van der Waals surface area (Å²) in [5.41, 5.74) is 1.32. The molecule has 200 valence electrons. The SMILES string of the molecule is CC(C)NC(=O)N(C)C[C@@H]1Oc2ccc(NC(=O)Nc3ccccc3)cc2C(=O)N([C@H](C)CO)C[C@H]1C. The molecule has 3 rings (SSSR count). The van der Waals surface area contributed by atoms with Crippen molar-refractivity contribution < 1.29 is 24.2 Å². The topological polar surface area (TPSA) is 123 Å². The number of urea groups is 2. The summed E-state index contributed by atoms with van der Waals surface area (Å²) >= 11 is 0. The van der Waals surface area contributed by atoms with Gasteiger partial charge in [0.1, 0.15) is 11.9 Å². The molecule has 3 atom stereocenters. The Morgan fingerprint density at radius 3 is 2.43 bits per heavy atom. The van der Waals surface area contributed by atoms with Crippen molar-refractivity contribution in [1.82, 2.24) is 15.1 Å². The molecule has 5 amide bonds. The molecule has 37 heavy (non-hydrogen) atoms. The molecule has 10 nitrogen and oxygen atoms in total. The summed E-state index contributed by atoms with van der Waals surface area (Å²) in [6, 6.07) is 12.8. The van der Waals surface area contributed by atoms with Crippen LogP contribution >= 0.6 is 0 Å². The number of ether oxygens (including phenoxy) is 1. The molecule has 0 fully saturated rings. The van der Waals surface area contributed by atoms with E-state index < -0.39 is 18.2 Å². The Hall–Kier alpha value is -3.79. The molecule has 0 spiro atoms. The summed E-state index contributed by atoms with van der Waals surface area (Å²) in [5.74, 6) is -0.0851. The third-order valence-electron chi connectivity index (χ3n) is 6.17. The van der Waals surface area contributed by atoms with Gasteiger partial charge in [0.25, 0.3) is 5.91 Å². The Labute approximate surface area is 218 Å². The van der Waals surface area contributed by atoms with Crippen molar-refractivity contribution >= 4 is 29.3 Å². The Morgan fingerprint density at radius 2 is 1.78 bits per heavy atom. The van der Waals surface area contributed by atoms with Crippen LogP contribution in [0.3, 0.4) is 0 Å². The molecule has 1 heterocycles. The number of benzene rings is 2. The number of amides is 5. The van der Waals surface area contributed by atoms with Gasteiger partial charge in [-0.15, -0.1) is 0 Å². The molecule has 1 aliphatic rings. The smallest absolute Gasteiger partial charge is 0.323 e. The maximum absolute atomic E-state index is 13.6. The molecule has 0 radical (unpaired) electrons. The van der Waals surface area contributed by atoms with Crippen LogP contribution in [0.2, 0.25) is 0 Å². The highest BCUT2D eigenvalue weighted by Crippen LogP contribution is 2.30. The number of fused-ring (bicyclic) bond motifs is 1. The first-order chi connectivity index (χ1) is 17.6. The van der Waals surface area contributed by atoms with Crippen LogP contribution in [0.25, 0.3) is 0 Å². The van der Waals surface area contributed by atoms with Crippen LogP contribution in [-0.4, -0.2) is 77.8 Å². The quantitative estimate of drug-likeness (QED) is 0.452. The lowest BCUT2D eigenvalue weighted by molar-refractivity contribution is 0.0366. The number of carbonyl (C=O) groups excluding carboxylic acids is 3. The summed E-state index contributed by atoms with van der Waals surface area (Å²) in [5, 5.41) is 18.2. The Kier molecular flexibility index (Phi) is 9.35. The second kappa shape index (κ2) is 12.4. The van der Waals surface area contributed by atoms with Crippen LogP contribution in [0.15, 0.2) is 48.5 Å². The number of para-hydroxylation sites is 1. The number of nitrogens with zero attached hydrogens (tertiary/aromatic N) is 2. The third kappa shape index (κ3) is 7.36. The first kappa shape index (κ1) is 27.8. The van der Waals surface area contributed by atoms with Gasteiger partial charge in [-0.2, -0.15) is 0 Å². The standard InChI is InChI=1S/C27H37N5O5/c1-17(2)28-27(36)31(5)15-24-18(3)14-32(19(4)16-33)25(34)22-13-21(11-12-23(22)37-24)30-26(35)29-20-9-7-6-8-10-20/h6-13,17-19,24,33H,14-16H2,1-5H3,(H,28,36)(H2,29,30,35)/t18-,19-,24+/m1/s1. The van der Waals surface area contributed by atoms with E-state index >= 15 is 0 Å². The van der Waals surface area contributed by atoms with E-state index in [4.69, 9.17) is 4.74 Å². The van der Waals surface area contributed by atoms with Gasteiger partial charge < -0.3 is 35.6 Å². The van der Waals surface area contributed by atoms with Gasteiger partial charge in [-0.1, -0.05) is 25.1 Å². The van der Waals surface area contributed by atoms with Gasteiger partial charge >= 0.3 is 12.1 Å². The number of aliphatic hydroxyl groups is 1. The second-order valence-corrected chi connectivity index (χ2v) is 9.76. The van der Waals surface area contributed by atoms with E-state index in [2.05, 4.69) is 16.0 Å². The van der Waals surface area contributed by atoms with Gasteiger partial charge in [0.15, 0.2) is 0 Å². The van der Waals surface area contributed by atoms with E-state index in [1.165, 1.54) is 0 Å². The number of carbonyl (C=O) groups is 3. The Balaban J connectivity index is 1.87. The summed E-state index contributed by atoms with van der Waals surface area (Å²) in [6.45, 7) is 7.94. The van der Waals surface area contributed by atoms with Crippen LogP contribution in [0.4, 0.5) is 21.0 Å². The van der Waals surface area contributed by atoms with Crippen molar-refractivity contribution in [1.29, 1.82) is 0 Å². The monoisotopic (exact) mass is 511 g/mol. The fraction of sp³-hybridized carbons (Fsp3) is 0.444. The molecule has 0 saturated carbocycles. The lowest BCUT2D eigenvalue weighted by Crippen LogP contribution is -2.51. The summed E-state index contributed by atoms with van der Waals surface area (Å²) in [4.78, 5) is 41.7. The Morgan fingerprint density at radius 1 is 1.11 bits per heavy atom. The predicted octanol–water partition coefficient (Wildman–Crippen LogP) is 3.60. The third-order valence-corrected chi connectivity index (χ3v) is 6.17. The van der Waals surface area contributed by atoms with Crippen LogP contribution < -0.4 is 20.7 Å². The molecule has 2 aromatic rings. The molecule has 10 heteroatoms. The number of anilines is 2. The van der Waals surface area contributed by atoms with Gasteiger partial charge in [0, 0.05) is 36.9 Å². The van der Waals surface area contributed by atoms with E-state index in [1.807, 2.05) is 39.0 Å². The number of hydrogen-bond donors (Lipinski definition) is 4. The molecule has 1 aliphatic heterocycles. The number of rotatable bonds is 7. The zero-order chi connectivity index (χ0) is 27.1. The molecule has 0 unspecified atom stereocenters. The van der Waals surface area contributed by atoms with Gasteiger partial charge in [-0.25, -0.2) is 9.59 Å². The summed E-state index contributed by atoms with van der Waals surface area (Å²) in [7, 11) is 1.70. The average molecular weight is 512 g/mol. The normalized spacial score (nSPS) is 18.1. The maximum Gasteiger partial charge on any atom is 0.323 e. The minimum Gasteiger partial charge on any atom is -0.487 e. The van der Waals surface area contributed by atoms with Gasteiger partial charge in [0.05, 0.1) is 24.8 Å². The number of aliphatic hydroxyl groups excluding tert-OH is 1. The van der Waals surface area contributed by atoms with Crippen LogP contribution in [0, 0.1) is 5.92 Å².